The van der Waals surface area contributed by atoms with Crippen molar-refractivity contribution < 1.29 is 9.53 Å². The first kappa shape index (κ1) is 18.0. The number of halogens is 1. The maximum absolute atomic E-state index is 12.5. The van der Waals surface area contributed by atoms with Crippen LogP contribution in [0.2, 0.25) is 0 Å². The van der Waals surface area contributed by atoms with Crippen LogP contribution in [0.3, 0.4) is 0 Å². The third-order valence-corrected chi connectivity index (χ3v) is 3.76. The Morgan fingerprint density at radius 2 is 2.14 bits per heavy atom. The molecule has 0 spiro atoms. The molecule has 1 aliphatic rings. The molecule has 0 aromatic heterocycles. The van der Waals surface area contributed by atoms with Crippen LogP contribution in [0.1, 0.15) is 18.4 Å². The Labute approximate surface area is 133 Å². The smallest absolute Gasteiger partial charge is 0.223 e. The van der Waals surface area contributed by atoms with Gasteiger partial charge in [0.05, 0.1) is 6.61 Å². The molecule has 21 heavy (non-hydrogen) atoms. The summed E-state index contributed by atoms with van der Waals surface area (Å²) in [5.41, 5.74) is 1.17. The highest BCUT2D eigenvalue weighted by Gasteiger charge is 2.21. The predicted molar refractivity (Wildman–Crippen MR) is 86.6 cm³/mol. The summed E-state index contributed by atoms with van der Waals surface area (Å²) in [6.07, 6.45) is 1.75. The second-order valence-corrected chi connectivity index (χ2v) is 5.36. The summed E-state index contributed by atoms with van der Waals surface area (Å²) in [5, 5.41) is 3.31. The van der Waals surface area contributed by atoms with E-state index in [4.69, 9.17) is 4.74 Å². The van der Waals surface area contributed by atoms with E-state index in [1.54, 1.807) is 7.11 Å². The molecule has 5 heteroatoms. The fourth-order valence-electron chi connectivity index (χ4n) is 2.56. The number of hydrogen-bond donors (Lipinski definition) is 1. The number of benzene rings is 1. The van der Waals surface area contributed by atoms with E-state index < -0.39 is 0 Å². The summed E-state index contributed by atoms with van der Waals surface area (Å²) in [6.45, 7) is 3.92. The molecule has 1 aromatic carbocycles. The van der Waals surface area contributed by atoms with Crippen molar-refractivity contribution >= 4 is 18.3 Å². The molecular weight excluding hydrogens is 288 g/mol. The lowest BCUT2D eigenvalue weighted by Crippen LogP contribution is -2.34. The number of nitrogens with zero attached hydrogens (tertiary/aromatic N) is 1. The second kappa shape index (κ2) is 9.77. The first-order chi connectivity index (χ1) is 9.79. The molecule has 0 radical (unpaired) electrons. The molecule has 1 saturated heterocycles. The van der Waals surface area contributed by atoms with E-state index in [0.717, 1.165) is 19.5 Å². The van der Waals surface area contributed by atoms with E-state index >= 15 is 0 Å². The normalized spacial score (nSPS) is 17.3. The van der Waals surface area contributed by atoms with Gasteiger partial charge in [0.1, 0.15) is 0 Å². The Morgan fingerprint density at radius 3 is 2.76 bits per heavy atom. The zero-order valence-electron chi connectivity index (χ0n) is 12.6. The fraction of sp³-hybridized carbons (Fsp3) is 0.562. The van der Waals surface area contributed by atoms with Gasteiger partial charge in [-0.05, 0) is 31.0 Å². The van der Waals surface area contributed by atoms with Crippen LogP contribution in [0.25, 0.3) is 0 Å². The number of rotatable bonds is 7. The number of methoxy groups -OCH3 is 1. The molecule has 1 unspecified atom stereocenters. The molecule has 2 rings (SSSR count). The van der Waals surface area contributed by atoms with E-state index in [-0.39, 0.29) is 18.3 Å². The van der Waals surface area contributed by atoms with Crippen LogP contribution in [0, 0.1) is 5.92 Å². The molecule has 0 aliphatic carbocycles. The standard InChI is InChI=1S/C16H24N2O2.ClH/c1-20-10-9-18(13-14-5-3-2-4-6-14)16(19)11-15-7-8-17-12-15;/h2-6,15,17H,7-13H2,1H3;1H. The van der Waals surface area contributed by atoms with E-state index in [9.17, 15) is 4.79 Å². The average Bonchev–Trinajstić information content (AvgIpc) is 2.97. The van der Waals surface area contributed by atoms with E-state index in [2.05, 4.69) is 17.4 Å². The molecule has 1 atom stereocenters. The quantitative estimate of drug-likeness (QED) is 0.838. The van der Waals surface area contributed by atoms with Crippen molar-refractivity contribution in [3.8, 4) is 0 Å². The Morgan fingerprint density at radius 1 is 1.38 bits per heavy atom. The van der Waals surface area contributed by atoms with Crippen molar-refractivity contribution in [1.29, 1.82) is 0 Å². The minimum absolute atomic E-state index is 0. The third kappa shape index (κ3) is 6.04. The van der Waals surface area contributed by atoms with Crippen LogP contribution in [-0.4, -0.2) is 44.2 Å². The van der Waals surface area contributed by atoms with Gasteiger partial charge < -0.3 is 15.0 Å². The number of carbonyl (C=O) groups excluding carboxylic acids is 1. The first-order valence-corrected chi connectivity index (χ1v) is 7.31. The van der Waals surface area contributed by atoms with Crippen molar-refractivity contribution in [3.05, 3.63) is 35.9 Å². The highest BCUT2D eigenvalue weighted by Crippen LogP contribution is 2.15. The molecule has 1 fully saturated rings. The minimum Gasteiger partial charge on any atom is -0.383 e. The van der Waals surface area contributed by atoms with Gasteiger partial charge in [0.15, 0.2) is 0 Å². The number of hydrogen-bond acceptors (Lipinski definition) is 3. The third-order valence-electron chi connectivity index (χ3n) is 3.76. The maximum Gasteiger partial charge on any atom is 0.223 e. The van der Waals surface area contributed by atoms with Gasteiger partial charge >= 0.3 is 0 Å². The minimum atomic E-state index is 0. The molecule has 1 heterocycles. The Kier molecular flexibility index (Phi) is 8.35. The molecule has 0 bridgehead atoms. The molecule has 1 aliphatic heterocycles. The van der Waals surface area contributed by atoms with Gasteiger partial charge in [-0.25, -0.2) is 0 Å². The number of ether oxygens (including phenoxy) is 1. The van der Waals surface area contributed by atoms with Crippen LogP contribution in [0.4, 0.5) is 0 Å². The van der Waals surface area contributed by atoms with Crippen LogP contribution >= 0.6 is 12.4 Å². The first-order valence-electron chi connectivity index (χ1n) is 7.31. The maximum atomic E-state index is 12.5. The Hall–Kier alpha value is -1.10. The highest BCUT2D eigenvalue weighted by atomic mass is 35.5. The number of carbonyl (C=O) groups is 1. The van der Waals surface area contributed by atoms with Crippen molar-refractivity contribution in [2.75, 3.05) is 33.4 Å². The van der Waals surface area contributed by atoms with Crippen molar-refractivity contribution in [2.24, 2.45) is 5.92 Å². The van der Waals surface area contributed by atoms with Gasteiger partial charge in [0, 0.05) is 26.6 Å². The summed E-state index contributed by atoms with van der Waals surface area (Å²) in [4.78, 5) is 14.4. The molecule has 4 nitrogen and oxygen atoms in total. The van der Waals surface area contributed by atoms with Crippen molar-refractivity contribution in [1.82, 2.24) is 10.2 Å². The lowest BCUT2D eigenvalue weighted by molar-refractivity contribution is -0.133. The lowest BCUT2D eigenvalue weighted by atomic mass is 10.0. The summed E-state index contributed by atoms with van der Waals surface area (Å²) >= 11 is 0. The Bertz CT molecular complexity index is 408. The summed E-state index contributed by atoms with van der Waals surface area (Å²) in [7, 11) is 1.67. The average molecular weight is 313 g/mol. The largest absolute Gasteiger partial charge is 0.383 e. The molecule has 118 valence electrons. The zero-order chi connectivity index (χ0) is 14.2. The van der Waals surface area contributed by atoms with Crippen LogP contribution < -0.4 is 5.32 Å². The molecule has 1 N–H and O–H groups in total. The molecule has 1 amide bonds. The lowest BCUT2D eigenvalue weighted by Gasteiger charge is -2.24. The van der Waals surface area contributed by atoms with Crippen molar-refractivity contribution in [2.45, 2.75) is 19.4 Å². The zero-order valence-corrected chi connectivity index (χ0v) is 13.4. The van der Waals surface area contributed by atoms with Crippen LogP contribution in [0.15, 0.2) is 30.3 Å². The monoisotopic (exact) mass is 312 g/mol. The molecule has 0 saturated carbocycles. The molecular formula is C16H25ClN2O2. The summed E-state index contributed by atoms with van der Waals surface area (Å²) in [6, 6.07) is 10.1. The van der Waals surface area contributed by atoms with E-state index in [1.807, 2.05) is 23.1 Å². The van der Waals surface area contributed by atoms with Gasteiger partial charge in [-0.3, -0.25) is 4.79 Å². The number of amides is 1. The molecule has 1 aromatic rings. The number of nitrogens with one attached hydrogen (secondary N) is 1. The van der Waals surface area contributed by atoms with Gasteiger partial charge in [0.25, 0.3) is 0 Å². The van der Waals surface area contributed by atoms with E-state index in [0.29, 0.717) is 32.0 Å². The van der Waals surface area contributed by atoms with Crippen LogP contribution in [-0.2, 0) is 16.1 Å². The van der Waals surface area contributed by atoms with Gasteiger partial charge in [-0.2, -0.15) is 0 Å². The van der Waals surface area contributed by atoms with Gasteiger partial charge in [-0.15, -0.1) is 12.4 Å². The summed E-state index contributed by atoms with van der Waals surface area (Å²) < 4.78 is 5.12. The highest BCUT2D eigenvalue weighted by molar-refractivity contribution is 5.85. The van der Waals surface area contributed by atoms with E-state index in [1.165, 1.54) is 5.56 Å². The SMILES string of the molecule is COCCN(Cc1ccccc1)C(=O)CC1CCNC1.Cl. The van der Waals surface area contributed by atoms with Gasteiger partial charge in [-0.1, -0.05) is 30.3 Å². The fourth-order valence-corrected chi connectivity index (χ4v) is 2.56. The van der Waals surface area contributed by atoms with Crippen LogP contribution in [0.5, 0.6) is 0 Å². The predicted octanol–water partition coefficient (Wildman–Crippen LogP) is 2.08. The Balaban J connectivity index is 0.00000220. The van der Waals surface area contributed by atoms with Gasteiger partial charge in [0.2, 0.25) is 5.91 Å². The van der Waals surface area contributed by atoms with Crippen molar-refractivity contribution in [3.63, 3.8) is 0 Å². The topological polar surface area (TPSA) is 41.6 Å². The summed E-state index contributed by atoms with van der Waals surface area (Å²) in [5.74, 6) is 0.725. The second-order valence-electron chi connectivity index (χ2n) is 5.36.